The second-order valence-corrected chi connectivity index (χ2v) is 4.11. The Kier molecular flexibility index (Phi) is 3.97. The van der Waals surface area contributed by atoms with Crippen LogP contribution in [0.2, 0.25) is 0 Å². The Labute approximate surface area is 118 Å². The number of para-hydroxylation sites is 2. The molecule has 3 rings (SSSR count). The number of nitrogens with zero attached hydrogens (tertiary/aromatic N) is 3. The van der Waals surface area contributed by atoms with Gasteiger partial charge >= 0.3 is 0 Å². The fraction of sp³-hybridized carbons (Fsp3) is 0.0667. The highest BCUT2D eigenvalue weighted by Gasteiger charge is 2.09. The van der Waals surface area contributed by atoms with Gasteiger partial charge in [-0.05, 0) is 24.3 Å². The summed E-state index contributed by atoms with van der Waals surface area (Å²) >= 11 is 0. The highest BCUT2D eigenvalue weighted by atomic mass is 35.5. The van der Waals surface area contributed by atoms with Crippen molar-refractivity contribution in [3.8, 4) is 0 Å². The van der Waals surface area contributed by atoms with Crippen molar-refractivity contribution in [2.45, 2.75) is 0 Å². The van der Waals surface area contributed by atoms with E-state index in [1.54, 1.807) is 6.33 Å². The Morgan fingerprint density at radius 2 is 1.53 bits per heavy atom. The van der Waals surface area contributed by atoms with Crippen molar-refractivity contribution >= 4 is 34.8 Å². The quantitative estimate of drug-likeness (QED) is 0.709. The van der Waals surface area contributed by atoms with Crippen LogP contribution in [0, 0.1) is 0 Å². The average Bonchev–Trinajstić information content (AvgIpc) is 2.47. The molecule has 0 spiro atoms. The second kappa shape index (κ2) is 5.67. The molecule has 0 amide bonds. The summed E-state index contributed by atoms with van der Waals surface area (Å²) in [5, 5.41) is 1.06. The molecule has 0 N–H and O–H groups in total. The van der Waals surface area contributed by atoms with Gasteiger partial charge in [0.1, 0.15) is 12.1 Å². The van der Waals surface area contributed by atoms with Crippen molar-refractivity contribution in [2.24, 2.45) is 0 Å². The lowest BCUT2D eigenvalue weighted by Crippen LogP contribution is -2.11. The third-order valence-electron chi connectivity index (χ3n) is 2.98. The van der Waals surface area contributed by atoms with Crippen LogP contribution < -0.4 is 4.90 Å². The minimum atomic E-state index is 0. The van der Waals surface area contributed by atoms with Crippen LogP contribution in [0.3, 0.4) is 0 Å². The molecular weight excluding hydrogens is 258 g/mol. The van der Waals surface area contributed by atoms with Gasteiger partial charge < -0.3 is 4.90 Å². The number of halogens is 1. The first-order chi connectivity index (χ1) is 8.86. The van der Waals surface area contributed by atoms with Crippen LogP contribution in [0.25, 0.3) is 10.9 Å². The second-order valence-electron chi connectivity index (χ2n) is 4.11. The minimum Gasteiger partial charge on any atom is -0.329 e. The van der Waals surface area contributed by atoms with E-state index in [4.69, 9.17) is 0 Å². The molecule has 0 unspecified atom stereocenters. The van der Waals surface area contributed by atoms with Crippen LogP contribution >= 0.6 is 12.4 Å². The summed E-state index contributed by atoms with van der Waals surface area (Å²) < 4.78 is 0. The lowest BCUT2D eigenvalue weighted by atomic mass is 10.2. The van der Waals surface area contributed by atoms with Gasteiger partial charge in [0.25, 0.3) is 0 Å². The Balaban J connectivity index is 0.00000133. The van der Waals surface area contributed by atoms with E-state index in [0.717, 1.165) is 22.4 Å². The summed E-state index contributed by atoms with van der Waals surface area (Å²) in [6, 6.07) is 18.2. The molecule has 96 valence electrons. The van der Waals surface area contributed by atoms with Crippen LogP contribution in [0.15, 0.2) is 60.9 Å². The van der Waals surface area contributed by atoms with E-state index in [9.17, 15) is 0 Å². The number of anilines is 2. The molecule has 4 heteroatoms. The van der Waals surface area contributed by atoms with Crippen LogP contribution in [0.4, 0.5) is 11.5 Å². The molecule has 0 bridgehead atoms. The molecule has 0 aliphatic carbocycles. The van der Waals surface area contributed by atoms with Gasteiger partial charge in [-0.15, -0.1) is 12.4 Å². The van der Waals surface area contributed by atoms with Crippen molar-refractivity contribution in [3.05, 3.63) is 60.9 Å². The average molecular weight is 272 g/mol. The lowest BCUT2D eigenvalue weighted by molar-refractivity contribution is 1.11. The van der Waals surface area contributed by atoms with Crippen LogP contribution in [-0.2, 0) is 0 Å². The van der Waals surface area contributed by atoms with E-state index in [0.29, 0.717) is 0 Å². The van der Waals surface area contributed by atoms with Gasteiger partial charge in [-0.25, -0.2) is 9.97 Å². The Morgan fingerprint density at radius 1 is 0.842 bits per heavy atom. The molecule has 0 fully saturated rings. The van der Waals surface area contributed by atoms with Crippen molar-refractivity contribution < 1.29 is 0 Å². The zero-order valence-corrected chi connectivity index (χ0v) is 11.3. The molecule has 2 aromatic carbocycles. The predicted molar refractivity (Wildman–Crippen MR) is 81.3 cm³/mol. The zero-order valence-electron chi connectivity index (χ0n) is 10.5. The molecule has 0 radical (unpaired) electrons. The fourth-order valence-electron chi connectivity index (χ4n) is 2.03. The molecule has 3 aromatic rings. The van der Waals surface area contributed by atoms with Crippen LogP contribution in [0.5, 0.6) is 0 Å². The molecular formula is C15H14ClN3. The minimum absolute atomic E-state index is 0. The summed E-state index contributed by atoms with van der Waals surface area (Å²) in [6.07, 6.45) is 1.61. The molecule has 19 heavy (non-hydrogen) atoms. The van der Waals surface area contributed by atoms with E-state index in [1.807, 2.05) is 49.5 Å². The molecule has 0 saturated heterocycles. The topological polar surface area (TPSA) is 29.0 Å². The van der Waals surface area contributed by atoms with Gasteiger partial charge in [0.15, 0.2) is 0 Å². The monoisotopic (exact) mass is 271 g/mol. The van der Waals surface area contributed by atoms with Crippen LogP contribution in [0.1, 0.15) is 0 Å². The SMILES string of the molecule is CN(c1ccccc1)c1ncnc2ccccc12.Cl. The maximum absolute atomic E-state index is 4.40. The smallest absolute Gasteiger partial charge is 0.144 e. The van der Waals surface area contributed by atoms with E-state index >= 15 is 0 Å². The maximum atomic E-state index is 4.40. The highest BCUT2D eigenvalue weighted by molar-refractivity contribution is 5.91. The van der Waals surface area contributed by atoms with Gasteiger partial charge in [-0.3, -0.25) is 0 Å². The summed E-state index contributed by atoms with van der Waals surface area (Å²) in [4.78, 5) is 10.8. The molecule has 1 aromatic heterocycles. The predicted octanol–water partition coefficient (Wildman–Crippen LogP) is 3.82. The van der Waals surface area contributed by atoms with Crippen molar-refractivity contribution in [1.82, 2.24) is 9.97 Å². The first-order valence-corrected chi connectivity index (χ1v) is 5.85. The molecule has 1 heterocycles. The number of hydrogen-bond donors (Lipinski definition) is 0. The summed E-state index contributed by atoms with van der Waals surface area (Å²) in [5.41, 5.74) is 2.08. The van der Waals surface area contributed by atoms with E-state index in [-0.39, 0.29) is 12.4 Å². The molecule has 0 saturated carbocycles. The maximum Gasteiger partial charge on any atom is 0.144 e. The third kappa shape index (κ3) is 2.51. The standard InChI is InChI=1S/C15H13N3.ClH/c1-18(12-7-3-2-4-8-12)15-13-9-5-6-10-14(13)16-11-17-15;/h2-11H,1H3;1H. The van der Waals surface area contributed by atoms with E-state index in [2.05, 4.69) is 27.0 Å². The fourth-order valence-corrected chi connectivity index (χ4v) is 2.03. The highest BCUT2D eigenvalue weighted by Crippen LogP contribution is 2.27. The van der Waals surface area contributed by atoms with Crippen molar-refractivity contribution in [1.29, 1.82) is 0 Å². The summed E-state index contributed by atoms with van der Waals surface area (Å²) in [7, 11) is 2.02. The first kappa shape index (κ1) is 13.3. The lowest BCUT2D eigenvalue weighted by Gasteiger charge is -2.19. The number of fused-ring (bicyclic) bond motifs is 1. The van der Waals surface area contributed by atoms with Gasteiger partial charge in [0.05, 0.1) is 5.52 Å². The Bertz CT molecular complexity index is 665. The van der Waals surface area contributed by atoms with Crippen molar-refractivity contribution in [3.63, 3.8) is 0 Å². The van der Waals surface area contributed by atoms with Crippen LogP contribution in [-0.4, -0.2) is 17.0 Å². The Hall–Kier alpha value is -2.13. The zero-order chi connectivity index (χ0) is 12.4. The van der Waals surface area contributed by atoms with E-state index < -0.39 is 0 Å². The Morgan fingerprint density at radius 3 is 2.32 bits per heavy atom. The molecule has 0 aliphatic rings. The van der Waals surface area contributed by atoms with Gasteiger partial charge in [0.2, 0.25) is 0 Å². The summed E-state index contributed by atoms with van der Waals surface area (Å²) in [6.45, 7) is 0. The number of benzene rings is 2. The molecule has 0 aliphatic heterocycles. The number of hydrogen-bond acceptors (Lipinski definition) is 3. The normalized spacial score (nSPS) is 9.95. The summed E-state index contributed by atoms with van der Waals surface area (Å²) in [5.74, 6) is 0.923. The number of rotatable bonds is 2. The van der Waals surface area contributed by atoms with E-state index in [1.165, 1.54) is 0 Å². The first-order valence-electron chi connectivity index (χ1n) is 5.85. The number of aromatic nitrogens is 2. The molecule has 3 nitrogen and oxygen atoms in total. The van der Waals surface area contributed by atoms with Crippen molar-refractivity contribution in [2.75, 3.05) is 11.9 Å². The van der Waals surface area contributed by atoms with Gasteiger partial charge in [-0.2, -0.15) is 0 Å². The molecule has 0 atom stereocenters. The van der Waals surface area contributed by atoms with Gasteiger partial charge in [-0.1, -0.05) is 30.3 Å². The van der Waals surface area contributed by atoms with Gasteiger partial charge in [0, 0.05) is 18.1 Å². The largest absolute Gasteiger partial charge is 0.329 e. The third-order valence-corrected chi connectivity index (χ3v) is 2.98.